The molecule has 21 heavy (non-hydrogen) atoms. The Hall–Kier alpha value is -2.12. The van der Waals surface area contributed by atoms with Crippen LogP contribution in [-0.2, 0) is 21.0 Å². The van der Waals surface area contributed by atoms with Gasteiger partial charge >= 0.3 is 6.18 Å². The zero-order chi connectivity index (χ0) is 16.1. The van der Waals surface area contributed by atoms with Gasteiger partial charge in [0.2, 0.25) is 15.9 Å². The molecule has 0 aliphatic carbocycles. The molecule has 10 heteroatoms. The van der Waals surface area contributed by atoms with E-state index < -0.39 is 39.1 Å². The third-order valence-electron chi connectivity index (χ3n) is 2.26. The van der Waals surface area contributed by atoms with Gasteiger partial charge < -0.3 is 5.32 Å². The van der Waals surface area contributed by atoms with Crippen LogP contribution in [0.15, 0.2) is 29.2 Å². The normalized spacial score (nSPS) is 11.7. The molecule has 1 aromatic rings. The summed E-state index contributed by atoms with van der Waals surface area (Å²) < 4.78 is 62.9. The number of hydrogen-bond acceptors (Lipinski definition) is 4. The van der Waals surface area contributed by atoms with Gasteiger partial charge in [-0.3, -0.25) is 4.79 Å². The van der Waals surface area contributed by atoms with Gasteiger partial charge in [-0.1, -0.05) is 6.07 Å². The Balaban J connectivity index is 2.84. The van der Waals surface area contributed by atoms with Gasteiger partial charge in [0.1, 0.15) is 6.54 Å². The Morgan fingerprint density at radius 3 is 2.57 bits per heavy atom. The van der Waals surface area contributed by atoms with Crippen molar-refractivity contribution in [2.75, 3.05) is 13.1 Å². The van der Waals surface area contributed by atoms with Crippen molar-refractivity contribution in [1.82, 2.24) is 10.0 Å². The van der Waals surface area contributed by atoms with Crippen molar-refractivity contribution < 1.29 is 26.4 Å². The fraction of sp³-hybridized carbons (Fsp3) is 0.273. The smallest absolute Gasteiger partial charge is 0.342 e. The Labute approximate surface area is 118 Å². The predicted molar refractivity (Wildman–Crippen MR) is 65.3 cm³/mol. The van der Waals surface area contributed by atoms with E-state index in [4.69, 9.17) is 5.26 Å². The Bertz CT molecular complexity index is 665. The highest BCUT2D eigenvalue weighted by atomic mass is 32.2. The highest BCUT2D eigenvalue weighted by molar-refractivity contribution is 7.89. The van der Waals surface area contributed by atoms with Gasteiger partial charge in [0.05, 0.1) is 23.1 Å². The summed E-state index contributed by atoms with van der Waals surface area (Å²) in [6.07, 6.45) is -4.67. The van der Waals surface area contributed by atoms with E-state index in [9.17, 15) is 26.4 Å². The first-order chi connectivity index (χ1) is 9.66. The minimum absolute atomic E-state index is 0.301. The van der Waals surface area contributed by atoms with Crippen molar-refractivity contribution >= 4 is 15.9 Å². The first-order valence-electron chi connectivity index (χ1n) is 5.47. The molecule has 0 aromatic heterocycles. The molecule has 0 unspecified atom stereocenters. The number of benzene rings is 1. The first-order valence-corrected chi connectivity index (χ1v) is 6.96. The summed E-state index contributed by atoms with van der Waals surface area (Å²) in [7, 11) is -4.26. The minimum Gasteiger partial charge on any atom is -0.342 e. The molecule has 0 fully saturated rings. The second-order valence-electron chi connectivity index (χ2n) is 3.78. The Morgan fingerprint density at radius 2 is 2.00 bits per heavy atom. The van der Waals surface area contributed by atoms with Gasteiger partial charge in [-0.05, 0) is 18.2 Å². The lowest BCUT2D eigenvalue weighted by molar-refractivity contribution is -0.137. The number of halogens is 3. The van der Waals surface area contributed by atoms with Crippen LogP contribution in [0.3, 0.4) is 0 Å². The number of nitrogens with one attached hydrogen (secondary N) is 2. The second-order valence-corrected chi connectivity index (χ2v) is 5.55. The number of carbonyl (C=O) groups excluding carboxylic acids is 1. The van der Waals surface area contributed by atoms with E-state index in [1.165, 1.54) is 0 Å². The number of rotatable bonds is 5. The Kier molecular flexibility index (Phi) is 5.28. The molecule has 2 N–H and O–H groups in total. The van der Waals surface area contributed by atoms with Crippen LogP contribution in [0.4, 0.5) is 13.2 Å². The number of sulfonamides is 1. The maximum Gasteiger partial charge on any atom is 0.416 e. The zero-order valence-corrected chi connectivity index (χ0v) is 11.3. The van der Waals surface area contributed by atoms with Crippen LogP contribution in [0.2, 0.25) is 0 Å². The molecule has 0 aliphatic heterocycles. The summed E-state index contributed by atoms with van der Waals surface area (Å²) in [6.45, 7) is -0.982. The maximum atomic E-state index is 12.5. The van der Waals surface area contributed by atoms with E-state index in [0.717, 1.165) is 18.2 Å². The summed E-state index contributed by atoms with van der Waals surface area (Å²) in [4.78, 5) is 10.5. The fourth-order valence-electron chi connectivity index (χ4n) is 1.28. The molecule has 0 aliphatic rings. The van der Waals surface area contributed by atoms with E-state index in [1.54, 1.807) is 6.07 Å². The number of carbonyl (C=O) groups is 1. The number of nitrogens with zero attached hydrogens (tertiary/aromatic N) is 1. The Morgan fingerprint density at radius 1 is 1.33 bits per heavy atom. The van der Waals surface area contributed by atoms with Gasteiger partial charge in [-0.2, -0.15) is 18.4 Å². The molecule has 1 amide bonds. The van der Waals surface area contributed by atoms with E-state index in [-0.39, 0.29) is 6.54 Å². The largest absolute Gasteiger partial charge is 0.416 e. The van der Waals surface area contributed by atoms with Crippen LogP contribution in [0.1, 0.15) is 5.56 Å². The number of hydrogen-bond donors (Lipinski definition) is 2. The summed E-state index contributed by atoms with van der Waals surface area (Å²) in [6, 6.07) is 4.75. The molecule has 0 radical (unpaired) electrons. The van der Waals surface area contributed by atoms with Crippen LogP contribution in [0.25, 0.3) is 0 Å². The quantitative estimate of drug-likeness (QED) is 0.777. The topological polar surface area (TPSA) is 99.1 Å². The van der Waals surface area contributed by atoms with Crippen molar-refractivity contribution in [3.05, 3.63) is 29.8 Å². The maximum absolute atomic E-state index is 12.5. The van der Waals surface area contributed by atoms with Gasteiger partial charge in [0.15, 0.2) is 0 Å². The van der Waals surface area contributed by atoms with Crippen molar-refractivity contribution in [3.63, 3.8) is 0 Å². The van der Waals surface area contributed by atoms with Crippen molar-refractivity contribution in [2.24, 2.45) is 0 Å². The van der Waals surface area contributed by atoms with Crippen LogP contribution in [0, 0.1) is 11.3 Å². The van der Waals surface area contributed by atoms with Crippen molar-refractivity contribution in [2.45, 2.75) is 11.1 Å². The third-order valence-corrected chi connectivity index (χ3v) is 3.66. The summed E-state index contributed by atoms with van der Waals surface area (Å²) in [5.74, 6) is -0.771. The lowest BCUT2D eigenvalue weighted by atomic mass is 10.2. The van der Waals surface area contributed by atoms with Crippen LogP contribution in [0.5, 0.6) is 0 Å². The first kappa shape index (κ1) is 16.9. The van der Waals surface area contributed by atoms with Crippen LogP contribution in [-0.4, -0.2) is 27.4 Å². The highest BCUT2D eigenvalue weighted by Crippen LogP contribution is 2.30. The fourth-order valence-corrected chi connectivity index (χ4v) is 2.31. The molecule has 6 nitrogen and oxygen atoms in total. The highest BCUT2D eigenvalue weighted by Gasteiger charge is 2.31. The average molecular weight is 321 g/mol. The molecule has 114 valence electrons. The molecule has 1 aromatic carbocycles. The number of nitriles is 1. The molecule has 0 saturated heterocycles. The lowest BCUT2D eigenvalue weighted by Gasteiger charge is -2.10. The lowest BCUT2D eigenvalue weighted by Crippen LogP contribution is -2.37. The summed E-state index contributed by atoms with van der Waals surface area (Å²) in [5.41, 5.74) is -1.11. The van der Waals surface area contributed by atoms with Gasteiger partial charge in [-0.25, -0.2) is 13.1 Å². The minimum atomic E-state index is -4.67. The summed E-state index contributed by atoms with van der Waals surface area (Å²) in [5, 5.41) is 10.3. The van der Waals surface area contributed by atoms with E-state index in [1.807, 2.05) is 4.72 Å². The van der Waals surface area contributed by atoms with E-state index in [0.29, 0.717) is 6.07 Å². The molecule has 0 bridgehead atoms. The zero-order valence-electron chi connectivity index (χ0n) is 10.4. The molecule has 0 spiro atoms. The van der Waals surface area contributed by atoms with Gasteiger partial charge in [0.25, 0.3) is 0 Å². The molecular formula is C11H10F3N3O3S. The third kappa shape index (κ3) is 5.05. The SMILES string of the molecule is N#CCNC(=O)CNS(=O)(=O)c1cccc(C(F)(F)F)c1. The van der Waals surface area contributed by atoms with Crippen LogP contribution < -0.4 is 10.0 Å². The number of alkyl halides is 3. The van der Waals surface area contributed by atoms with Gasteiger partial charge in [-0.15, -0.1) is 0 Å². The average Bonchev–Trinajstić information content (AvgIpc) is 2.42. The van der Waals surface area contributed by atoms with Crippen molar-refractivity contribution in [1.29, 1.82) is 5.26 Å². The molecule has 0 atom stereocenters. The standard InChI is InChI=1S/C11H10F3N3O3S/c12-11(13,14)8-2-1-3-9(6-8)21(19,20)17-7-10(18)16-5-4-15/h1-3,6,17H,5,7H2,(H,16,18). The van der Waals surface area contributed by atoms with Crippen molar-refractivity contribution in [3.8, 4) is 6.07 Å². The van der Waals surface area contributed by atoms with Gasteiger partial charge in [0, 0.05) is 0 Å². The molecular weight excluding hydrogens is 311 g/mol. The molecule has 0 saturated carbocycles. The predicted octanol–water partition coefficient (Wildman–Crippen LogP) is 0.623. The summed E-state index contributed by atoms with van der Waals surface area (Å²) >= 11 is 0. The second kappa shape index (κ2) is 6.55. The van der Waals surface area contributed by atoms with E-state index >= 15 is 0 Å². The monoisotopic (exact) mass is 321 g/mol. The molecule has 1 rings (SSSR count). The molecule has 0 heterocycles. The van der Waals surface area contributed by atoms with Crippen LogP contribution >= 0.6 is 0 Å². The number of amides is 1. The van der Waals surface area contributed by atoms with E-state index in [2.05, 4.69) is 5.32 Å².